The number of carbonyl (C=O) groups excluding carboxylic acids is 2. The zero-order chi connectivity index (χ0) is 15.6. The highest BCUT2D eigenvalue weighted by Crippen LogP contribution is 2.59. The minimum absolute atomic E-state index is 0.000630. The second-order valence-electron chi connectivity index (χ2n) is 5.77. The number of amides is 1. The van der Waals surface area contributed by atoms with Crippen molar-refractivity contribution in [1.82, 2.24) is 9.80 Å². The van der Waals surface area contributed by atoms with Crippen molar-refractivity contribution < 1.29 is 19.2 Å². The van der Waals surface area contributed by atoms with E-state index in [2.05, 4.69) is 4.90 Å². The average molecular weight is 303 g/mol. The molecule has 0 bridgehead atoms. The minimum Gasteiger partial charge on any atom is -0.467 e. The van der Waals surface area contributed by atoms with Crippen molar-refractivity contribution in [2.75, 3.05) is 13.7 Å². The molecule has 3 saturated heterocycles. The van der Waals surface area contributed by atoms with Crippen molar-refractivity contribution in [3.05, 3.63) is 39.9 Å². The molecule has 22 heavy (non-hydrogen) atoms. The number of benzene rings is 1. The molecule has 3 aliphatic rings. The molecule has 0 aromatic heterocycles. The molecule has 8 heteroatoms. The summed E-state index contributed by atoms with van der Waals surface area (Å²) in [5.74, 6) is -0.509. The number of rotatable bonds is 3. The van der Waals surface area contributed by atoms with Crippen LogP contribution in [-0.2, 0) is 19.9 Å². The standard InChI is InChI=1S/C14H13N3O5/c1-22-13(19)12-14(7-15(14)10-6-11(18)16(10)12)8-2-4-9(5-3-8)17(20)21/h2-5,10,12H,6-7H2,1H3/t10-,12-,14?,15?/m0/s1. The van der Waals surface area contributed by atoms with Crippen LogP contribution in [0.3, 0.4) is 0 Å². The summed E-state index contributed by atoms with van der Waals surface area (Å²) >= 11 is 0. The number of fused-ring (bicyclic) bond motifs is 3. The number of β-lactam (4-membered cyclic amide) rings is 1. The highest BCUT2D eigenvalue weighted by atomic mass is 16.6. The number of hydrogen-bond acceptors (Lipinski definition) is 6. The zero-order valence-electron chi connectivity index (χ0n) is 11.8. The Balaban J connectivity index is 1.75. The topological polar surface area (TPSA) is 92.8 Å². The maximum Gasteiger partial charge on any atom is 0.331 e. The highest BCUT2D eigenvalue weighted by Gasteiger charge is 2.76. The molecule has 3 fully saturated rings. The van der Waals surface area contributed by atoms with Crippen molar-refractivity contribution in [3.8, 4) is 0 Å². The number of non-ortho nitro benzene ring substituents is 1. The molecule has 0 spiro atoms. The van der Waals surface area contributed by atoms with Crippen molar-refractivity contribution in [3.63, 3.8) is 0 Å². The summed E-state index contributed by atoms with van der Waals surface area (Å²) in [7, 11) is 1.30. The molecule has 114 valence electrons. The van der Waals surface area contributed by atoms with Crippen molar-refractivity contribution in [2.45, 2.75) is 24.2 Å². The van der Waals surface area contributed by atoms with E-state index >= 15 is 0 Å². The van der Waals surface area contributed by atoms with E-state index in [4.69, 9.17) is 4.74 Å². The first-order chi connectivity index (χ1) is 10.5. The van der Waals surface area contributed by atoms with E-state index in [0.717, 1.165) is 5.56 Å². The number of nitrogens with zero attached hydrogens (tertiary/aromatic N) is 3. The van der Waals surface area contributed by atoms with Crippen molar-refractivity contribution >= 4 is 17.6 Å². The van der Waals surface area contributed by atoms with Crippen LogP contribution in [0.15, 0.2) is 24.3 Å². The third-order valence-corrected chi connectivity index (χ3v) is 4.88. The Bertz CT molecular complexity index is 703. The second-order valence-corrected chi connectivity index (χ2v) is 5.77. The molecule has 0 N–H and O–H groups in total. The van der Waals surface area contributed by atoms with E-state index in [1.54, 1.807) is 17.0 Å². The van der Waals surface area contributed by atoms with Gasteiger partial charge in [-0.3, -0.25) is 19.8 Å². The Hall–Kier alpha value is -2.48. The van der Waals surface area contributed by atoms with E-state index in [1.807, 2.05) is 0 Å². The van der Waals surface area contributed by atoms with Gasteiger partial charge in [0.15, 0.2) is 6.04 Å². The molecule has 8 nitrogen and oxygen atoms in total. The number of nitro groups is 1. The molecule has 4 atom stereocenters. The van der Waals surface area contributed by atoms with Gasteiger partial charge in [0, 0.05) is 18.7 Å². The largest absolute Gasteiger partial charge is 0.467 e. The number of hydrogen-bond donors (Lipinski definition) is 0. The fourth-order valence-electron chi connectivity index (χ4n) is 3.77. The number of ether oxygens (including phenoxy) is 1. The normalized spacial score (nSPS) is 34.5. The molecular weight excluding hydrogens is 290 g/mol. The average Bonchev–Trinajstić information content (AvgIpc) is 3.20. The molecule has 1 aromatic carbocycles. The van der Waals surface area contributed by atoms with Gasteiger partial charge in [-0.15, -0.1) is 0 Å². The lowest BCUT2D eigenvalue weighted by Gasteiger charge is -2.40. The Morgan fingerprint density at radius 1 is 1.41 bits per heavy atom. The molecule has 1 aromatic rings. The van der Waals surface area contributed by atoms with E-state index < -0.39 is 22.5 Å². The predicted octanol–water partition coefficient (Wildman–Crippen LogP) is 0.219. The molecule has 4 rings (SSSR count). The molecule has 0 aliphatic carbocycles. The van der Waals surface area contributed by atoms with E-state index in [0.29, 0.717) is 13.0 Å². The highest BCUT2D eigenvalue weighted by molar-refractivity contribution is 5.92. The lowest BCUT2D eigenvalue weighted by molar-refractivity contribution is -0.384. The third-order valence-electron chi connectivity index (χ3n) is 4.88. The van der Waals surface area contributed by atoms with Crippen molar-refractivity contribution in [2.24, 2.45) is 0 Å². The fraction of sp³-hybridized carbons (Fsp3) is 0.429. The summed E-state index contributed by atoms with van der Waals surface area (Å²) in [4.78, 5) is 38.0. The van der Waals surface area contributed by atoms with Crippen LogP contribution >= 0.6 is 0 Å². The van der Waals surface area contributed by atoms with Gasteiger partial charge in [-0.2, -0.15) is 0 Å². The summed E-state index contributed by atoms with van der Waals surface area (Å²) in [6, 6.07) is 5.48. The predicted molar refractivity (Wildman–Crippen MR) is 72.5 cm³/mol. The van der Waals surface area contributed by atoms with E-state index in [-0.39, 0.29) is 17.8 Å². The Morgan fingerprint density at radius 2 is 2.09 bits per heavy atom. The molecule has 3 aliphatic heterocycles. The van der Waals surface area contributed by atoms with Crippen LogP contribution in [-0.4, -0.2) is 52.5 Å². The molecule has 2 unspecified atom stereocenters. The second kappa shape index (κ2) is 4.04. The van der Waals surface area contributed by atoms with Crippen LogP contribution < -0.4 is 0 Å². The van der Waals surface area contributed by atoms with E-state index in [9.17, 15) is 19.7 Å². The number of nitro benzene ring substituents is 1. The number of esters is 1. The SMILES string of the molecule is COC(=O)[C@@H]1N2C(=O)C[C@H]2N2CC12c1ccc([N+](=O)[O-])cc1. The first-order valence-electron chi connectivity index (χ1n) is 6.91. The van der Waals surface area contributed by atoms with Crippen LogP contribution in [0.25, 0.3) is 0 Å². The van der Waals surface area contributed by atoms with Gasteiger partial charge >= 0.3 is 5.97 Å². The summed E-state index contributed by atoms with van der Waals surface area (Å²) in [5.41, 5.74) is 0.203. The maximum atomic E-state index is 12.2. The Morgan fingerprint density at radius 3 is 2.64 bits per heavy atom. The quantitative estimate of drug-likeness (QED) is 0.261. The summed E-state index contributed by atoms with van der Waals surface area (Å²) in [6.07, 6.45) is 0.342. The first kappa shape index (κ1) is 13.2. The molecule has 1 amide bonds. The van der Waals surface area contributed by atoms with Gasteiger partial charge in [0.2, 0.25) is 5.91 Å². The lowest BCUT2D eigenvalue weighted by Crippen LogP contribution is -2.59. The van der Waals surface area contributed by atoms with Crippen LogP contribution in [0, 0.1) is 10.1 Å². The van der Waals surface area contributed by atoms with Gasteiger partial charge in [-0.05, 0) is 5.56 Å². The monoisotopic (exact) mass is 303 g/mol. The van der Waals surface area contributed by atoms with Gasteiger partial charge in [0.05, 0.1) is 30.2 Å². The minimum atomic E-state index is -0.676. The summed E-state index contributed by atoms with van der Waals surface area (Å²) in [6.45, 7) is 0.652. The van der Waals surface area contributed by atoms with Gasteiger partial charge in [-0.25, -0.2) is 4.79 Å². The molecule has 0 radical (unpaired) electrons. The Labute approximate surface area is 125 Å². The van der Waals surface area contributed by atoms with Gasteiger partial charge in [-0.1, -0.05) is 12.1 Å². The lowest BCUT2D eigenvalue weighted by atomic mass is 9.89. The smallest absolute Gasteiger partial charge is 0.331 e. The molecule has 0 saturated carbocycles. The number of methoxy groups -OCH3 is 1. The fourth-order valence-corrected chi connectivity index (χ4v) is 3.77. The Kier molecular flexibility index (Phi) is 2.42. The van der Waals surface area contributed by atoms with Crippen LogP contribution in [0.2, 0.25) is 0 Å². The zero-order valence-corrected chi connectivity index (χ0v) is 11.8. The summed E-state index contributed by atoms with van der Waals surface area (Å²) in [5, 5.41) is 10.8. The van der Waals surface area contributed by atoms with E-state index in [1.165, 1.54) is 19.2 Å². The van der Waals surface area contributed by atoms with Crippen LogP contribution in [0.4, 0.5) is 5.69 Å². The van der Waals surface area contributed by atoms with Crippen molar-refractivity contribution in [1.29, 1.82) is 0 Å². The summed E-state index contributed by atoms with van der Waals surface area (Å²) < 4.78 is 4.87. The molecule has 3 heterocycles. The first-order valence-corrected chi connectivity index (χ1v) is 6.91. The number of carbonyl (C=O) groups is 2. The van der Waals surface area contributed by atoms with Crippen LogP contribution in [0.5, 0.6) is 0 Å². The van der Waals surface area contributed by atoms with Gasteiger partial charge in [0.1, 0.15) is 0 Å². The molecular formula is C14H13N3O5. The van der Waals surface area contributed by atoms with Gasteiger partial charge < -0.3 is 9.64 Å². The van der Waals surface area contributed by atoms with Crippen LogP contribution in [0.1, 0.15) is 12.0 Å². The third kappa shape index (κ3) is 1.40. The maximum absolute atomic E-state index is 12.2. The van der Waals surface area contributed by atoms with Gasteiger partial charge in [0.25, 0.3) is 5.69 Å².